The first kappa shape index (κ1) is 20.9. The number of halogens is 3. The number of hydrogen-bond donors (Lipinski definition) is 1. The van der Waals surface area contributed by atoms with Crippen molar-refractivity contribution in [3.63, 3.8) is 0 Å². The van der Waals surface area contributed by atoms with Gasteiger partial charge in [-0.25, -0.2) is 0 Å². The van der Waals surface area contributed by atoms with E-state index in [9.17, 15) is 28.1 Å². The maximum Gasteiger partial charge on any atom is 0.416 e. The van der Waals surface area contributed by atoms with Crippen LogP contribution in [-0.4, -0.2) is 59.4 Å². The highest BCUT2D eigenvalue weighted by Crippen LogP contribution is 2.34. The third-order valence-electron chi connectivity index (χ3n) is 4.57. The fourth-order valence-electron chi connectivity index (χ4n) is 2.96. The Balaban J connectivity index is 1.91. The Morgan fingerprint density at radius 3 is 2.41 bits per heavy atom. The van der Waals surface area contributed by atoms with E-state index >= 15 is 0 Å². The molecule has 0 aromatic heterocycles. The van der Waals surface area contributed by atoms with Gasteiger partial charge in [-0.2, -0.15) is 13.2 Å². The molecule has 1 aromatic rings. The third-order valence-corrected chi connectivity index (χ3v) is 4.57. The molecule has 0 aliphatic carbocycles. The minimum atomic E-state index is -4.66. The second-order valence-electron chi connectivity index (χ2n) is 6.67. The van der Waals surface area contributed by atoms with Crippen LogP contribution >= 0.6 is 0 Å². The summed E-state index contributed by atoms with van der Waals surface area (Å²) in [4.78, 5) is 26.4. The lowest BCUT2D eigenvalue weighted by Crippen LogP contribution is -2.50. The van der Waals surface area contributed by atoms with E-state index in [-0.39, 0.29) is 24.6 Å². The number of carbonyl (C=O) groups is 1. The third kappa shape index (κ3) is 5.56. The molecule has 0 atom stereocenters. The summed E-state index contributed by atoms with van der Waals surface area (Å²) < 4.78 is 38.1. The first-order valence-electron chi connectivity index (χ1n) is 8.71. The van der Waals surface area contributed by atoms with Crippen LogP contribution in [0.1, 0.15) is 25.8 Å². The molecule has 10 heteroatoms. The Labute approximate surface area is 155 Å². The lowest BCUT2D eigenvalue weighted by Gasteiger charge is -2.37. The van der Waals surface area contributed by atoms with Gasteiger partial charge in [-0.3, -0.25) is 19.8 Å². The molecule has 1 N–H and O–H groups in total. The Morgan fingerprint density at radius 1 is 1.26 bits per heavy atom. The van der Waals surface area contributed by atoms with Crippen molar-refractivity contribution in [3.05, 3.63) is 33.9 Å². The highest BCUT2D eigenvalue weighted by Gasteiger charge is 2.33. The van der Waals surface area contributed by atoms with Gasteiger partial charge in [-0.05, 0) is 26.0 Å². The molecule has 1 aliphatic heterocycles. The number of nitro groups is 1. The number of hydrogen-bond acceptors (Lipinski definition) is 5. The summed E-state index contributed by atoms with van der Waals surface area (Å²) in [7, 11) is 0. The van der Waals surface area contributed by atoms with E-state index in [0.717, 1.165) is 25.2 Å². The van der Waals surface area contributed by atoms with Gasteiger partial charge in [0.2, 0.25) is 5.91 Å². The quantitative estimate of drug-likeness (QED) is 0.599. The maximum atomic E-state index is 12.7. The minimum absolute atomic E-state index is 0.0366. The minimum Gasteiger partial charge on any atom is -0.379 e. The molecule has 1 heterocycles. The van der Waals surface area contributed by atoms with Crippen LogP contribution in [0.15, 0.2) is 18.2 Å². The number of anilines is 1. The zero-order chi connectivity index (χ0) is 20.2. The van der Waals surface area contributed by atoms with Crippen molar-refractivity contribution in [3.8, 4) is 0 Å². The van der Waals surface area contributed by atoms with Crippen molar-refractivity contribution in [2.75, 3.05) is 38.0 Å². The van der Waals surface area contributed by atoms with Crippen LogP contribution in [0, 0.1) is 10.1 Å². The second kappa shape index (κ2) is 8.55. The lowest BCUT2D eigenvalue weighted by atomic mass is 10.1. The van der Waals surface area contributed by atoms with Gasteiger partial charge in [0.05, 0.1) is 10.5 Å². The molecule has 1 aromatic carbocycles. The molecule has 2 rings (SSSR count). The summed E-state index contributed by atoms with van der Waals surface area (Å²) in [6, 6.07) is 2.72. The molecule has 27 heavy (non-hydrogen) atoms. The van der Waals surface area contributed by atoms with E-state index in [4.69, 9.17) is 0 Å². The van der Waals surface area contributed by atoms with Crippen LogP contribution in [0.2, 0.25) is 0 Å². The summed E-state index contributed by atoms with van der Waals surface area (Å²) >= 11 is 0. The highest BCUT2D eigenvalue weighted by atomic mass is 19.4. The highest BCUT2D eigenvalue weighted by molar-refractivity contribution is 5.77. The van der Waals surface area contributed by atoms with Gasteiger partial charge >= 0.3 is 6.18 Å². The van der Waals surface area contributed by atoms with Crippen molar-refractivity contribution < 1.29 is 22.9 Å². The Hall–Kier alpha value is -2.36. The Bertz CT molecular complexity index is 686. The summed E-state index contributed by atoms with van der Waals surface area (Å²) in [6.07, 6.45) is -4.54. The number of benzene rings is 1. The number of nitrogens with one attached hydrogen (secondary N) is 1. The molecule has 150 valence electrons. The van der Waals surface area contributed by atoms with Crippen LogP contribution in [0.3, 0.4) is 0 Å². The van der Waals surface area contributed by atoms with Crippen molar-refractivity contribution >= 4 is 17.3 Å². The van der Waals surface area contributed by atoms with E-state index in [1.165, 1.54) is 0 Å². The normalized spacial score (nSPS) is 15.9. The molecular formula is C17H23F3N4O3. The topological polar surface area (TPSA) is 78.7 Å². The SMILES string of the molecule is CC(C)N1CCN(C(=O)CCNc2ccc(C(F)(F)F)cc2[N+](=O)[O-])CC1. The molecular weight excluding hydrogens is 365 g/mol. The van der Waals surface area contributed by atoms with Crippen molar-refractivity contribution in [1.29, 1.82) is 0 Å². The fraction of sp³-hybridized carbons (Fsp3) is 0.588. The average molecular weight is 388 g/mol. The predicted molar refractivity (Wildman–Crippen MR) is 94.5 cm³/mol. The molecule has 0 spiro atoms. The molecule has 0 bridgehead atoms. The van der Waals surface area contributed by atoms with E-state index < -0.39 is 22.4 Å². The van der Waals surface area contributed by atoms with Crippen molar-refractivity contribution in [2.24, 2.45) is 0 Å². The number of piperazine rings is 1. The van der Waals surface area contributed by atoms with Crippen LogP contribution in [-0.2, 0) is 11.0 Å². The second-order valence-corrected chi connectivity index (χ2v) is 6.67. The molecule has 1 aliphatic rings. The molecule has 7 nitrogen and oxygen atoms in total. The predicted octanol–water partition coefficient (Wildman–Crippen LogP) is 2.97. The van der Waals surface area contributed by atoms with Gasteiger partial charge in [-0.1, -0.05) is 0 Å². The zero-order valence-electron chi connectivity index (χ0n) is 15.3. The number of carbonyl (C=O) groups excluding carboxylic acids is 1. The van der Waals surface area contributed by atoms with E-state index in [2.05, 4.69) is 24.1 Å². The molecule has 1 saturated heterocycles. The maximum absolute atomic E-state index is 12.7. The van der Waals surface area contributed by atoms with Crippen LogP contribution < -0.4 is 5.32 Å². The average Bonchev–Trinajstić information content (AvgIpc) is 2.60. The molecule has 0 radical (unpaired) electrons. The monoisotopic (exact) mass is 388 g/mol. The first-order chi connectivity index (χ1) is 12.6. The van der Waals surface area contributed by atoms with Crippen LogP contribution in [0.25, 0.3) is 0 Å². The number of nitrogens with zero attached hydrogens (tertiary/aromatic N) is 3. The first-order valence-corrected chi connectivity index (χ1v) is 8.71. The summed E-state index contributed by atoms with van der Waals surface area (Å²) in [5.74, 6) is -0.0829. The number of amides is 1. The summed E-state index contributed by atoms with van der Waals surface area (Å²) in [6.45, 7) is 7.13. The van der Waals surface area contributed by atoms with Crippen molar-refractivity contribution in [2.45, 2.75) is 32.5 Å². The molecule has 1 amide bonds. The van der Waals surface area contributed by atoms with Gasteiger partial charge in [0.15, 0.2) is 0 Å². The van der Waals surface area contributed by atoms with Gasteiger partial charge < -0.3 is 10.2 Å². The number of nitro benzene ring substituents is 1. The molecule has 0 saturated carbocycles. The van der Waals surface area contributed by atoms with E-state index in [1.54, 1.807) is 4.90 Å². The smallest absolute Gasteiger partial charge is 0.379 e. The van der Waals surface area contributed by atoms with Crippen LogP contribution in [0.4, 0.5) is 24.5 Å². The van der Waals surface area contributed by atoms with Crippen LogP contribution in [0.5, 0.6) is 0 Å². The fourth-order valence-corrected chi connectivity index (χ4v) is 2.96. The standard InChI is InChI=1S/C17H23F3N4O3/c1-12(2)22-7-9-23(10-8-22)16(25)5-6-21-14-4-3-13(17(18,19)20)11-15(14)24(26)27/h3-4,11-12,21H,5-10H2,1-2H3. The van der Waals surface area contributed by atoms with E-state index in [0.29, 0.717) is 25.2 Å². The van der Waals surface area contributed by atoms with Gasteiger partial charge in [0.25, 0.3) is 5.69 Å². The molecule has 0 unspecified atom stereocenters. The summed E-state index contributed by atoms with van der Waals surface area (Å²) in [5.41, 5.74) is -1.79. The number of alkyl halides is 3. The van der Waals surface area contributed by atoms with Crippen molar-refractivity contribution in [1.82, 2.24) is 9.80 Å². The zero-order valence-corrected chi connectivity index (χ0v) is 15.3. The largest absolute Gasteiger partial charge is 0.416 e. The van der Waals surface area contributed by atoms with Gasteiger partial charge in [0, 0.05) is 51.3 Å². The van der Waals surface area contributed by atoms with Gasteiger partial charge in [0.1, 0.15) is 5.69 Å². The summed E-state index contributed by atoms with van der Waals surface area (Å²) in [5, 5.41) is 13.8. The Kier molecular flexibility index (Phi) is 6.63. The molecule has 1 fully saturated rings. The van der Waals surface area contributed by atoms with Gasteiger partial charge in [-0.15, -0.1) is 0 Å². The van der Waals surface area contributed by atoms with E-state index in [1.807, 2.05) is 0 Å². The number of rotatable bonds is 6. The lowest BCUT2D eigenvalue weighted by molar-refractivity contribution is -0.384. The Morgan fingerprint density at radius 2 is 1.89 bits per heavy atom.